The molecular formula is C17H24N2O4. The Kier molecular flexibility index (Phi) is 7.80. The highest BCUT2D eigenvalue weighted by molar-refractivity contribution is 5.95. The summed E-state index contributed by atoms with van der Waals surface area (Å²) in [5.41, 5.74) is 0.630. The molecule has 126 valence electrons. The van der Waals surface area contributed by atoms with Crippen molar-refractivity contribution in [3.63, 3.8) is 0 Å². The Hall–Kier alpha value is -2.37. The first-order chi connectivity index (χ1) is 10.9. The number of ether oxygens (including phenoxy) is 1. The lowest BCUT2D eigenvalue weighted by atomic mass is 10.1. The maximum atomic E-state index is 11.6. The van der Waals surface area contributed by atoms with Gasteiger partial charge in [-0.2, -0.15) is 0 Å². The molecule has 0 bridgehead atoms. The molecule has 0 atom stereocenters. The molecule has 0 spiro atoms. The van der Waals surface area contributed by atoms with E-state index in [1.807, 2.05) is 0 Å². The second kappa shape index (κ2) is 9.61. The molecular weight excluding hydrogens is 296 g/mol. The molecule has 0 saturated carbocycles. The molecule has 1 rings (SSSR count). The van der Waals surface area contributed by atoms with Gasteiger partial charge >= 0.3 is 0 Å². The van der Waals surface area contributed by atoms with E-state index in [0.717, 1.165) is 0 Å². The number of benzene rings is 1. The van der Waals surface area contributed by atoms with Gasteiger partial charge in [0.15, 0.2) is 12.4 Å². The standard InChI is InChI=1S/C17H24N2O4/c1-4-15(20)13-5-7-14(8-6-13)23-11-16(21)18-9-10-19-17(22)12(2)3/h5-8,12H,4,9-11H2,1-3H3,(H,18,21)(H,19,22). The highest BCUT2D eigenvalue weighted by atomic mass is 16.5. The topological polar surface area (TPSA) is 84.5 Å². The Morgan fingerprint density at radius 1 is 1.04 bits per heavy atom. The minimum Gasteiger partial charge on any atom is -0.484 e. The quantitative estimate of drug-likeness (QED) is 0.534. The number of hydrogen-bond acceptors (Lipinski definition) is 4. The Balaban J connectivity index is 2.25. The van der Waals surface area contributed by atoms with Gasteiger partial charge in [0.05, 0.1) is 0 Å². The largest absolute Gasteiger partial charge is 0.484 e. The molecule has 0 fully saturated rings. The van der Waals surface area contributed by atoms with Gasteiger partial charge in [-0.1, -0.05) is 20.8 Å². The van der Waals surface area contributed by atoms with Gasteiger partial charge in [0.25, 0.3) is 5.91 Å². The molecule has 6 nitrogen and oxygen atoms in total. The molecule has 23 heavy (non-hydrogen) atoms. The first kappa shape index (κ1) is 18.7. The zero-order chi connectivity index (χ0) is 17.2. The van der Waals surface area contributed by atoms with E-state index in [-0.39, 0.29) is 30.1 Å². The molecule has 0 heterocycles. The van der Waals surface area contributed by atoms with Crippen molar-refractivity contribution in [1.82, 2.24) is 10.6 Å². The molecule has 0 aliphatic rings. The van der Waals surface area contributed by atoms with Crippen LogP contribution in [-0.4, -0.2) is 37.3 Å². The van der Waals surface area contributed by atoms with Gasteiger partial charge in [-0.25, -0.2) is 0 Å². The lowest BCUT2D eigenvalue weighted by Crippen LogP contribution is -2.38. The molecule has 0 saturated heterocycles. The number of ketones is 1. The molecule has 2 N–H and O–H groups in total. The number of rotatable bonds is 9. The summed E-state index contributed by atoms with van der Waals surface area (Å²) < 4.78 is 5.34. The van der Waals surface area contributed by atoms with Crippen LogP contribution in [0.5, 0.6) is 5.75 Å². The average molecular weight is 320 g/mol. The van der Waals surface area contributed by atoms with Crippen LogP contribution in [0.3, 0.4) is 0 Å². The number of Topliss-reactive ketones (excluding diaryl/α,β-unsaturated/α-hetero) is 1. The van der Waals surface area contributed by atoms with E-state index in [9.17, 15) is 14.4 Å². The monoisotopic (exact) mass is 320 g/mol. The third-order valence-electron chi connectivity index (χ3n) is 3.14. The molecule has 2 amide bonds. The smallest absolute Gasteiger partial charge is 0.258 e. The van der Waals surface area contributed by atoms with Gasteiger partial charge in [0, 0.05) is 31.0 Å². The van der Waals surface area contributed by atoms with Crippen molar-refractivity contribution in [1.29, 1.82) is 0 Å². The molecule has 0 unspecified atom stereocenters. The van der Waals surface area contributed by atoms with Crippen LogP contribution < -0.4 is 15.4 Å². The van der Waals surface area contributed by atoms with E-state index in [2.05, 4.69) is 10.6 Å². The molecule has 0 aromatic heterocycles. The van der Waals surface area contributed by atoms with Crippen LogP contribution in [0.15, 0.2) is 24.3 Å². The maximum absolute atomic E-state index is 11.6. The van der Waals surface area contributed by atoms with Crippen LogP contribution in [0.25, 0.3) is 0 Å². The van der Waals surface area contributed by atoms with Crippen molar-refractivity contribution in [2.45, 2.75) is 27.2 Å². The van der Waals surface area contributed by atoms with Crippen molar-refractivity contribution >= 4 is 17.6 Å². The average Bonchev–Trinajstić information content (AvgIpc) is 2.56. The predicted octanol–water partition coefficient (Wildman–Crippen LogP) is 1.55. The van der Waals surface area contributed by atoms with E-state index >= 15 is 0 Å². The lowest BCUT2D eigenvalue weighted by molar-refractivity contribution is -0.125. The van der Waals surface area contributed by atoms with Crippen LogP contribution in [0.2, 0.25) is 0 Å². The van der Waals surface area contributed by atoms with Gasteiger partial charge in [-0.3, -0.25) is 14.4 Å². The number of carbonyl (C=O) groups is 3. The van der Waals surface area contributed by atoms with Gasteiger partial charge < -0.3 is 15.4 Å². The summed E-state index contributed by atoms with van der Waals surface area (Å²) >= 11 is 0. The van der Waals surface area contributed by atoms with Crippen molar-refractivity contribution in [3.05, 3.63) is 29.8 Å². The fourth-order valence-electron chi connectivity index (χ4n) is 1.73. The van der Waals surface area contributed by atoms with Crippen LogP contribution in [-0.2, 0) is 9.59 Å². The molecule has 0 aliphatic carbocycles. The van der Waals surface area contributed by atoms with Crippen LogP contribution in [0.4, 0.5) is 0 Å². The zero-order valence-corrected chi connectivity index (χ0v) is 13.8. The number of nitrogens with one attached hydrogen (secondary N) is 2. The van der Waals surface area contributed by atoms with Crippen molar-refractivity contribution in [2.24, 2.45) is 5.92 Å². The molecule has 6 heteroatoms. The third-order valence-corrected chi connectivity index (χ3v) is 3.14. The van der Waals surface area contributed by atoms with E-state index in [1.54, 1.807) is 45.0 Å². The first-order valence-corrected chi connectivity index (χ1v) is 7.74. The minimum absolute atomic E-state index is 0.0442. The summed E-state index contributed by atoms with van der Waals surface area (Å²) in [5, 5.41) is 5.36. The third kappa shape index (κ3) is 6.95. The molecule has 0 aliphatic heterocycles. The van der Waals surface area contributed by atoms with E-state index in [4.69, 9.17) is 4.74 Å². The first-order valence-electron chi connectivity index (χ1n) is 7.74. The molecule has 1 aromatic rings. The second-order valence-corrected chi connectivity index (χ2v) is 5.39. The summed E-state index contributed by atoms with van der Waals surface area (Å²) in [4.78, 5) is 34.4. The SMILES string of the molecule is CCC(=O)c1ccc(OCC(=O)NCCNC(=O)C(C)C)cc1. The van der Waals surface area contributed by atoms with Crippen LogP contribution in [0, 0.1) is 5.92 Å². The Bertz CT molecular complexity index is 538. The fourth-order valence-corrected chi connectivity index (χ4v) is 1.73. The Morgan fingerprint density at radius 2 is 1.65 bits per heavy atom. The molecule has 0 radical (unpaired) electrons. The normalized spacial score (nSPS) is 10.3. The fraction of sp³-hybridized carbons (Fsp3) is 0.471. The summed E-state index contributed by atoms with van der Waals surface area (Å²) in [6, 6.07) is 6.69. The lowest BCUT2D eigenvalue weighted by Gasteiger charge is -2.10. The summed E-state index contributed by atoms with van der Waals surface area (Å²) in [7, 11) is 0. The maximum Gasteiger partial charge on any atom is 0.258 e. The summed E-state index contributed by atoms with van der Waals surface area (Å²) in [6.45, 7) is 6.04. The zero-order valence-electron chi connectivity index (χ0n) is 13.8. The van der Waals surface area contributed by atoms with E-state index in [1.165, 1.54) is 0 Å². The van der Waals surface area contributed by atoms with Gasteiger partial charge in [0.1, 0.15) is 5.75 Å². The number of hydrogen-bond donors (Lipinski definition) is 2. The van der Waals surface area contributed by atoms with Crippen LogP contribution >= 0.6 is 0 Å². The number of amides is 2. The van der Waals surface area contributed by atoms with Crippen molar-refractivity contribution in [3.8, 4) is 5.75 Å². The summed E-state index contributed by atoms with van der Waals surface area (Å²) in [6.07, 6.45) is 0.454. The van der Waals surface area contributed by atoms with E-state index < -0.39 is 0 Å². The van der Waals surface area contributed by atoms with Crippen molar-refractivity contribution in [2.75, 3.05) is 19.7 Å². The predicted molar refractivity (Wildman–Crippen MR) is 87.4 cm³/mol. The second-order valence-electron chi connectivity index (χ2n) is 5.39. The number of carbonyl (C=O) groups excluding carboxylic acids is 3. The highest BCUT2D eigenvalue weighted by Gasteiger charge is 2.07. The van der Waals surface area contributed by atoms with Gasteiger partial charge in [-0.05, 0) is 24.3 Å². The van der Waals surface area contributed by atoms with Gasteiger partial charge in [-0.15, -0.1) is 0 Å². The summed E-state index contributed by atoms with van der Waals surface area (Å²) in [5.74, 6) is 0.213. The Morgan fingerprint density at radius 3 is 2.22 bits per heavy atom. The minimum atomic E-state index is -0.266. The highest BCUT2D eigenvalue weighted by Crippen LogP contribution is 2.13. The molecule has 1 aromatic carbocycles. The van der Waals surface area contributed by atoms with Crippen molar-refractivity contribution < 1.29 is 19.1 Å². The van der Waals surface area contributed by atoms with Crippen LogP contribution in [0.1, 0.15) is 37.6 Å². The van der Waals surface area contributed by atoms with Gasteiger partial charge in [0.2, 0.25) is 5.91 Å². The Labute approximate surface area is 136 Å². The van der Waals surface area contributed by atoms with E-state index in [0.29, 0.717) is 30.8 Å².